The molecule has 4 heteroatoms. The molecular weight excluding hydrogens is 619 g/mol. The molecule has 1 heterocycles. The summed E-state index contributed by atoms with van der Waals surface area (Å²) in [6.45, 7) is 4.25. The van der Waals surface area contributed by atoms with Gasteiger partial charge in [0.2, 0.25) is 0 Å². The van der Waals surface area contributed by atoms with Crippen molar-refractivity contribution < 1.29 is 8.78 Å². The van der Waals surface area contributed by atoms with Gasteiger partial charge < -0.3 is 4.98 Å². The topological polar surface area (TPSA) is 12.9 Å². The Morgan fingerprint density at radius 2 is 1.69 bits per heavy atom. The van der Waals surface area contributed by atoms with E-state index < -0.39 is 0 Å². The van der Waals surface area contributed by atoms with Crippen LogP contribution in [-0.2, 0) is 6.42 Å². The average Bonchev–Trinajstić information content (AvgIpc) is 3.03. The van der Waals surface area contributed by atoms with Crippen molar-refractivity contribution in [2.45, 2.75) is 26.7 Å². The van der Waals surface area contributed by atoms with Gasteiger partial charge >= 0.3 is 0 Å². The van der Waals surface area contributed by atoms with Crippen molar-refractivity contribution in [3.8, 4) is 22.4 Å². The summed E-state index contributed by atoms with van der Waals surface area (Å²) in [6.07, 6.45) is 1.92. The van der Waals surface area contributed by atoms with Crippen LogP contribution in [0.1, 0.15) is 31.4 Å². The summed E-state index contributed by atoms with van der Waals surface area (Å²) in [4.78, 5) is 4.69. The van der Waals surface area contributed by atoms with Gasteiger partial charge in [0.25, 0.3) is 0 Å². The average molecular weight is 639 g/mol. The van der Waals surface area contributed by atoms with Crippen LogP contribution in [-0.4, -0.2) is 4.98 Å². The summed E-state index contributed by atoms with van der Waals surface area (Å²) in [5.74, 6) is -0.522. The molecule has 0 amide bonds. The van der Waals surface area contributed by atoms with Crippen LogP contribution in [0.4, 0.5) is 8.78 Å². The van der Waals surface area contributed by atoms with Crippen molar-refractivity contribution in [2.75, 3.05) is 0 Å². The van der Waals surface area contributed by atoms with Crippen LogP contribution in [0.3, 0.4) is 0 Å². The number of pyridine rings is 1. The van der Waals surface area contributed by atoms with Gasteiger partial charge in [-0.05, 0) is 46.5 Å². The van der Waals surface area contributed by atoms with Crippen molar-refractivity contribution in [2.24, 2.45) is 0 Å². The maximum absolute atomic E-state index is 14.1. The Balaban J connectivity index is 0.000000568. The van der Waals surface area contributed by atoms with Gasteiger partial charge in [0, 0.05) is 5.56 Å². The Morgan fingerprint density at radius 1 is 0.931 bits per heavy atom. The molecule has 0 fully saturated rings. The number of hydrogen-bond donors (Lipinski definition) is 0. The molecule has 0 N–H and O–H groups in total. The van der Waals surface area contributed by atoms with Gasteiger partial charge in [-0.15, -0.1) is 17.0 Å². The monoisotopic (exact) mass is 639 g/mol. The van der Waals surface area contributed by atoms with E-state index in [1.165, 1.54) is 24.6 Å². The Kier molecular flexibility index (Phi) is 5.36. The number of aromatic nitrogens is 1. The smallest absolute Gasteiger partial charge is 0.131 e. The second-order valence-electron chi connectivity index (χ2n) is 6.96. The third-order valence-electron chi connectivity index (χ3n) is 4.67. The minimum atomic E-state index is -0.289. The molecule has 4 aromatic rings. The van der Waals surface area contributed by atoms with E-state index in [1.807, 2.05) is 24.3 Å². The zero-order valence-electron chi connectivity index (χ0n) is 16.6. The van der Waals surface area contributed by atoms with Crippen molar-refractivity contribution in [3.05, 3.63) is 89.5 Å². The molecule has 3 aromatic carbocycles. The van der Waals surface area contributed by atoms with Gasteiger partial charge in [-0.25, -0.2) is 8.78 Å². The number of fused-ring (bicyclic) bond motifs is 4. The summed E-state index contributed by atoms with van der Waals surface area (Å²) < 4.78 is 27.5. The predicted octanol–water partition coefficient (Wildman–Crippen LogP) is 6.97. The largest absolute Gasteiger partial charge is 0.344 e. The zero-order valence-corrected chi connectivity index (χ0v) is 23.0. The fourth-order valence-electron chi connectivity index (χ4n) is 3.49. The van der Waals surface area contributed by atoms with Gasteiger partial charge in [0.15, 0.2) is 0 Å². The van der Waals surface area contributed by atoms with E-state index in [4.69, 9.17) is 0 Å². The summed E-state index contributed by atoms with van der Waals surface area (Å²) >= 11 is 0. The van der Waals surface area contributed by atoms with Crippen LogP contribution < -0.4 is 0 Å². The molecule has 29 heavy (non-hydrogen) atoms. The van der Waals surface area contributed by atoms with E-state index in [0.29, 0.717) is 17.4 Å². The fraction of sp³-hybridized carbons (Fsp3) is 0.160. The molecule has 0 spiro atoms. The van der Waals surface area contributed by atoms with Gasteiger partial charge in [0.05, 0.1) is 5.82 Å². The van der Waals surface area contributed by atoms with E-state index in [0.717, 1.165) is 33.5 Å². The molecule has 1 aliphatic rings. The molecule has 0 aliphatic heterocycles. The van der Waals surface area contributed by atoms with Crippen LogP contribution >= 0.6 is 0 Å². The fourth-order valence-corrected chi connectivity index (χ4v) is 3.49. The number of benzene rings is 3. The van der Waals surface area contributed by atoms with Crippen LogP contribution in [0, 0.1) is 17.7 Å². The second kappa shape index (κ2) is 7.89. The molecule has 0 unspecified atom stereocenters. The first kappa shape index (κ1) is 19.7. The van der Waals surface area contributed by atoms with Gasteiger partial charge in [-0.3, -0.25) is 0 Å². The van der Waals surface area contributed by atoms with Crippen molar-refractivity contribution in [1.29, 1.82) is 0 Å². The molecule has 1 nitrogen and oxygen atoms in total. The van der Waals surface area contributed by atoms with E-state index in [9.17, 15) is 8.78 Å². The third-order valence-corrected chi connectivity index (χ3v) is 4.67. The van der Waals surface area contributed by atoms with E-state index >= 15 is 0 Å². The normalized spacial score (nSPS) is 11.2. The standard InChI is InChI=1S/C22H12F2N.C3H8.Rf/c23-17-6-8-21-15(12-17)11-16-10-14-9-13(5-7-19(14)22(16)25-21)18-3-1-2-4-20(18)24;1-3-2;/h1-9,12H,10H2;3H2,1-2H3;/q-1;;. The Bertz CT molecular complexity index is 1170. The van der Waals surface area contributed by atoms with Crippen LogP contribution in [0.25, 0.3) is 33.3 Å². The number of hydrogen-bond acceptors (Lipinski definition) is 1. The molecule has 1 aromatic heterocycles. The predicted molar refractivity (Wildman–Crippen MR) is 110 cm³/mol. The molecule has 0 radical (unpaired) electrons. The third kappa shape index (κ3) is 3.55. The van der Waals surface area contributed by atoms with E-state index in [2.05, 4.69) is 24.9 Å². The van der Waals surface area contributed by atoms with Crippen molar-refractivity contribution >= 4 is 10.9 Å². The Morgan fingerprint density at radius 3 is 2.45 bits per heavy atom. The van der Waals surface area contributed by atoms with Crippen LogP contribution in [0.5, 0.6) is 0 Å². The molecule has 5 rings (SSSR count). The molecule has 0 saturated carbocycles. The van der Waals surface area contributed by atoms with E-state index in [-0.39, 0.29) is 11.6 Å². The SMILES string of the molecule is CCC.Fc1ccc2nc3c([c-]c2c1)Cc1cc(-c2ccccc2F)ccc1-3.[Rf]. The zero-order chi connectivity index (χ0) is 19.7. The molecule has 142 valence electrons. The Labute approximate surface area is 163 Å². The first-order valence-corrected chi connectivity index (χ1v) is 9.50. The van der Waals surface area contributed by atoms with Crippen LogP contribution in [0.2, 0.25) is 0 Å². The first-order valence-electron chi connectivity index (χ1n) is 9.50. The van der Waals surface area contributed by atoms with Gasteiger partial charge in [0.1, 0.15) is 5.82 Å². The molecule has 0 atom stereocenters. The van der Waals surface area contributed by atoms with Gasteiger partial charge in [-0.1, -0.05) is 68.8 Å². The molecular formula is C25H20F2NRf-. The number of rotatable bonds is 1. The maximum Gasteiger partial charge on any atom is 0.131 e. The number of halogens is 2. The Hall–Kier alpha value is -4.07. The summed E-state index contributed by atoms with van der Waals surface area (Å²) in [7, 11) is 0. The summed E-state index contributed by atoms with van der Waals surface area (Å²) in [5.41, 5.74) is 6.14. The van der Waals surface area contributed by atoms with E-state index in [1.54, 1.807) is 18.2 Å². The van der Waals surface area contributed by atoms with Crippen molar-refractivity contribution in [3.63, 3.8) is 0 Å². The quantitative estimate of drug-likeness (QED) is 0.181. The van der Waals surface area contributed by atoms with Gasteiger partial charge in [-0.2, -0.15) is 0 Å². The molecule has 1 aliphatic carbocycles. The second-order valence-corrected chi connectivity index (χ2v) is 6.96. The molecule has 0 saturated heterocycles. The number of nitrogens with zero attached hydrogens (tertiary/aromatic N) is 1. The summed E-state index contributed by atoms with van der Waals surface area (Å²) in [6, 6.07) is 20.5. The van der Waals surface area contributed by atoms with Crippen molar-refractivity contribution in [1.82, 2.24) is 4.98 Å². The molecule has 0 bridgehead atoms. The first-order chi connectivity index (χ1) is 13.6. The minimum absolute atomic E-state index is 0. The maximum atomic E-state index is 14.1. The minimum Gasteiger partial charge on any atom is -0.344 e. The van der Waals surface area contributed by atoms with Crippen LogP contribution in [0.15, 0.2) is 60.7 Å². The summed E-state index contributed by atoms with van der Waals surface area (Å²) in [5, 5.41) is 0.681.